The fraction of sp³-hybridized carbons (Fsp3) is 0.286. The van der Waals surface area contributed by atoms with E-state index >= 15 is 0 Å². The molecule has 21 heavy (non-hydrogen) atoms. The number of pyridine rings is 1. The van der Waals surface area contributed by atoms with Crippen LogP contribution in [-0.2, 0) is 17.8 Å². The molecule has 6 nitrogen and oxygen atoms in total. The topological polar surface area (TPSA) is 90.9 Å². The van der Waals surface area contributed by atoms with Crippen LogP contribution in [0.3, 0.4) is 0 Å². The molecular weight excluding hydrogens is 336 g/mol. The third-order valence-electron chi connectivity index (χ3n) is 3.44. The molecular formula is C14H13BrN4O2. The third-order valence-corrected chi connectivity index (χ3v) is 3.87. The van der Waals surface area contributed by atoms with E-state index in [1.807, 2.05) is 6.07 Å². The van der Waals surface area contributed by atoms with E-state index in [-0.39, 0.29) is 12.3 Å². The zero-order valence-electron chi connectivity index (χ0n) is 11.2. The van der Waals surface area contributed by atoms with Crippen molar-refractivity contribution in [2.24, 2.45) is 5.73 Å². The van der Waals surface area contributed by atoms with Crippen LogP contribution in [0.4, 0.5) is 0 Å². The van der Waals surface area contributed by atoms with Crippen molar-refractivity contribution in [1.29, 1.82) is 0 Å². The number of hydrogen-bond acceptors (Lipinski definition) is 4. The third kappa shape index (κ3) is 2.61. The highest BCUT2D eigenvalue weighted by Crippen LogP contribution is 2.31. The lowest BCUT2D eigenvalue weighted by Gasteiger charge is -2.12. The van der Waals surface area contributed by atoms with Crippen molar-refractivity contribution in [2.75, 3.05) is 0 Å². The van der Waals surface area contributed by atoms with Gasteiger partial charge in [0.25, 0.3) is 0 Å². The highest BCUT2D eigenvalue weighted by molar-refractivity contribution is 9.10. The molecule has 2 N–H and O–H groups in total. The van der Waals surface area contributed by atoms with E-state index in [4.69, 9.17) is 5.73 Å². The fourth-order valence-corrected chi connectivity index (χ4v) is 2.97. The Bertz CT molecular complexity index is 739. The van der Waals surface area contributed by atoms with Gasteiger partial charge < -0.3 is 5.73 Å². The number of amides is 1. The minimum atomic E-state index is -0.475. The summed E-state index contributed by atoms with van der Waals surface area (Å²) in [5, 5.41) is 4.43. The Balaban J connectivity index is 2.18. The van der Waals surface area contributed by atoms with Gasteiger partial charge in [-0.2, -0.15) is 5.10 Å². The van der Waals surface area contributed by atoms with Gasteiger partial charge in [-0.15, -0.1) is 0 Å². The second-order valence-electron chi connectivity index (χ2n) is 4.96. The van der Waals surface area contributed by atoms with Gasteiger partial charge in [0.2, 0.25) is 5.91 Å². The molecule has 3 rings (SSSR count). The Kier molecular flexibility index (Phi) is 3.59. The van der Waals surface area contributed by atoms with E-state index in [1.54, 1.807) is 17.1 Å². The number of nitrogens with zero attached hydrogens (tertiary/aromatic N) is 3. The van der Waals surface area contributed by atoms with E-state index in [9.17, 15) is 9.59 Å². The molecule has 2 aromatic heterocycles. The first-order chi connectivity index (χ1) is 10.1. The van der Waals surface area contributed by atoms with Crippen molar-refractivity contribution in [3.63, 3.8) is 0 Å². The standard InChI is InChI=1S/C14H13BrN4O2/c15-9-4-8(5-17-6-9)14-13-10(2-1-3-11(13)20)19(18-14)7-12(16)21/h4-6H,1-3,7H2,(H2,16,21). The van der Waals surface area contributed by atoms with E-state index in [1.165, 1.54) is 0 Å². The molecule has 0 atom stereocenters. The molecule has 108 valence electrons. The Morgan fingerprint density at radius 3 is 2.90 bits per heavy atom. The minimum absolute atomic E-state index is 0.0168. The Morgan fingerprint density at radius 2 is 2.19 bits per heavy atom. The van der Waals surface area contributed by atoms with E-state index in [0.29, 0.717) is 17.7 Å². The summed E-state index contributed by atoms with van der Waals surface area (Å²) in [6.07, 6.45) is 5.32. The van der Waals surface area contributed by atoms with Gasteiger partial charge >= 0.3 is 0 Å². The predicted molar refractivity (Wildman–Crippen MR) is 79.6 cm³/mol. The van der Waals surface area contributed by atoms with E-state index < -0.39 is 5.91 Å². The molecule has 0 fully saturated rings. The number of nitrogens with two attached hydrogens (primary N) is 1. The van der Waals surface area contributed by atoms with Crippen molar-refractivity contribution >= 4 is 27.6 Å². The number of carbonyl (C=O) groups excluding carboxylic acids is 2. The summed E-state index contributed by atoms with van der Waals surface area (Å²) in [6.45, 7) is -0.0168. The molecule has 0 saturated carbocycles. The van der Waals surface area contributed by atoms with Crippen LogP contribution in [0.15, 0.2) is 22.9 Å². The largest absolute Gasteiger partial charge is 0.368 e. The number of hydrogen-bond donors (Lipinski definition) is 1. The number of primary amides is 1. The van der Waals surface area contributed by atoms with Gasteiger partial charge in [0.15, 0.2) is 5.78 Å². The fourth-order valence-electron chi connectivity index (χ4n) is 2.61. The van der Waals surface area contributed by atoms with Crippen LogP contribution in [-0.4, -0.2) is 26.5 Å². The van der Waals surface area contributed by atoms with Crippen LogP contribution in [0.1, 0.15) is 28.9 Å². The second kappa shape index (κ2) is 5.40. The maximum Gasteiger partial charge on any atom is 0.239 e. The molecule has 1 aliphatic carbocycles. The van der Waals surface area contributed by atoms with Gasteiger partial charge in [0.1, 0.15) is 12.2 Å². The zero-order valence-corrected chi connectivity index (χ0v) is 12.8. The van der Waals surface area contributed by atoms with Gasteiger partial charge in [0.05, 0.1) is 11.3 Å². The molecule has 2 heterocycles. The molecule has 0 radical (unpaired) electrons. The van der Waals surface area contributed by atoms with E-state index in [2.05, 4.69) is 26.0 Å². The van der Waals surface area contributed by atoms with Crippen molar-refractivity contribution in [2.45, 2.75) is 25.8 Å². The summed E-state index contributed by atoms with van der Waals surface area (Å²) in [5.41, 5.74) is 7.97. The molecule has 0 unspecified atom stereocenters. The lowest BCUT2D eigenvalue weighted by Crippen LogP contribution is -2.22. The number of fused-ring (bicyclic) bond motifs is 1. The van der Waals surface area contributed by atoms with Crippen LogP contribution in [0, 0.1) is 0 Å². The Labute approximate surface area is 129 Å². The average molecular weight is 349 g/mol. The van der Waals surface area contributed by atoms with Gasteiger partial charge in [0, 0.05) is 28.9 Å². The Hall–Kier alpha value is -2.02. The molecule has 2 aromatic rings. The number of halogens is 1. The Morgan fingerprint density at radius 1 is 1.38 bits per heavy atom. The first-order valence-electron chi connectivity index (χ1n) is 6.58. The van der Waals surface area contributed by atoms with Crippen molar-refractivity contribution in [3.05, 3.63) is 34.2 Å². The smallest absolute Gasteiger partial charge is 0.239 e. The van der Waals surface area contributed by atoms with Crippen LogP contribution in [0.25, 0.3) is 11.3 Å². The first-order valence-corrected chi connectivity index (χ1v) is 7.37. The predicted octanol–water partition coefficient (Wildman–Crippen LogP) is 1.71. The van der Waals surface area contributed by atoms with Crippen LogP contribution in [0.5, 0.6) is 0 Å². The highest BCUT2D eigenvalue weighted by Gasteiger charge is 2.28. The summed E-state index contributed by atoms with van der Waals surface area (Å²) in [7, 11) is 0. The van der Waals surface area contributed by atoms with Crippen molar-refractivity contribution in [1.82, 2.24) is 14.8 Å². The number of carbonyl (C=O) groups is 2. The van der Waals surface area contributed by atoms with Gasteiger partial charge in [-0.1, -0.05) is 0 Å². The van der Waals surface area contributed by atoms with Crippen molar-refractivity contribution in [3.8, 4) is 11.3 Å². The molecule has 1 aliphatic rings. The quantitative estimate of drug-likeness (QED) is 0.913. The van der Waals surface area contributed by atoms with Crippen LogP contribution in [0.2, 0.25) is 0 Å². The second-order valence-corrected chi connectivity index (χ2v) is 5.88. The zero-order chi connectivity index (χ0) is 15.0. The summed E-state index contributed by atoms with van der Waals surface area (Å²) >= 11 is 3.36. The average Bonchev–Trinajstić information content (AvgIpc) is 2.78. The summed E-state index contributed by atoms with van der Waals surface area (Å²) in [4.78, 5) is 27.6. The normalized spacial score (nSPS) is 14.0. The van der Waals surface area contributed by atoms with Gasteiger partial charge in [-0.05, 0) is 34.8 Å². The molecule has 0 bridgehead atoms. The molecule has 7 heteroatoms. The first kappa shape index (κ1) is 13.9. The van der Waals surface area contributed by atoms with Crippen molar-refractivity contribution < 1.29 is 9.59 Å². The monoisotopic (exact) mass is 348 g/mol. The minimum Gasteiger partial charge on any atom is -0.368 e. The SMILES string of the molecule is NC(=O)Cn1nc(-c2cncc(Br)c2)c2c1CCCC2=O. The van der Waals surface area contributed by atoms with Gasteiger partial charge in [-0.25, -0.2) is 0 Å². The number of Topliss-reactive ketones (excluding diaryl/α,β-unsaturated/α-hetero) is 1. The summed E-state index contributed by atoms with van der Waals surface area (Å²) in [6, 6.07) is 1.85. The molecule has 0 aliphatic heterocycles. The molecule has 0 aromatic carbocycles. The van der Waals surface area contributed by atoms with Gasteiger partial charge in [-0.3, -0.25) is 19.3 Å². The highest BCUT2D eigenvalue weighted by atomic mass is 79.9. The molecule has 0 saturated heterocycles. The molecule has 0 spiro atoms. The number of ketones is 1. The maximum atomic E-state index is 12.3. The molecule has 1 amide bonds. The maximum absolute atomic E-state index is 12.3. The van der Waals surface area contributed by atoms with E-state index in [0.717, 1.165) is 28.6 Å². The lowest BCUT2D eigenvalue weighted by molar-refractivity contribution is -0.118. The number of aromatic nitrogens is 3. The summed E-state index contributed by atoms with van der Waals surface area (Å²) in [5.74, 6) is -0.417. The number of rotatable bonds is 3. The van der Waals surface area contributed by atoms with Crippen LogP contribution < -0.4 is 5.73 Å². The lowest BCUT2D eigenvalue weighted by atomic mass is 9.92. The van der Waals surface area contributed by atoms with Crippen LogP contribution >= 0.6 is 15.9 Å². The summed E-state index contributed by atoms with van der Waals surface area (Å²) < 4.78 is 2.35.